The maximum atomic E-state index is 12.6. The number of likely N-dealkylation sites (tertiary alicyclic amines) is 1. The van der Waals surface area contributed by atoms with Gasteiger partial charge in [0.1, 0.15) is 6.04 Å². The van der Waals surface area contributed by atoms with Crippen LogP contribution in [0.4, 0.5) is 4.79 Å². The van der Waals surface area contributed by atoms with Crippen molar-refractivity contribution in [2.24, 2.45) is 0 Å². The molecule has 1 atom stereocenters. The van der Waals surface area contributed by atoms with Gasteiger partial charge in [-0.3, -0.25) is 4.79 Å². The first-order valence-corrected chi connectivity index (χ1v) is 9.61. The van der Waals surface area contributed by atoms with Crippen molar-refractivity contribution in [3.8, 4) is 0 Å². The van der Waals surface area contributed by atoms with Gasteiger partial charge in [-0.15, -0.1) is 0 Å². The zero-order chi connectivity index (χ0) is 16.1. The van der Waals surface area contributed by atoms with Crippen LogP contribution in [0.15, 0.2) is 0 Å². The third-order valence-electron chi connectivity index (χ3n) is 5.70. The highest BCUT2D eigenvalue weighted by Crippen LogP contribution is 2.22. The SMILES string of the molecule is O=C(NC1CCCCC1)C1CCCN1C(=O)NC1CCCCC1. The van der Waals surface area contributed by atoms with Crippen LogP contribution in [0.5, 0.6) is 0 Å². The fraction of sp³-hybridized carbons (Fsp3) is 0.889. The number of nitrogens with one attached hydrogen (secondary N) is 2. The smallest absolute Gasteiger partial charge is 0.318 e. The summed E-state index contributed by atoms with van der Waals surface area (Å²) in [5.74, 6) is 0.0631. The second kappa shape index (κ2) is 8.02. The van der Waals surface area contributed by atoms with Crippen molar-refractivity contribution in [3.05, 3.63) is 0 Å². The summed E-state index contributed by atoms with van der Waals surface area (Å²) < 4.78 is 0. The summed E-state index contributed by atoms with van der Waals surface area (Å²) in [4.78, 5) is 26.9. The molecule has 2 aliphatic carbocycles. The quantitative estimate of drug-likeness (QED) is 0.839. The van der Waals surface area contributed by atoms with E-state index in [0.29, 0.717) is 18.6 Å². The lowest BCUT2D eigenvalue weighted by molar-refractivity contribution is -0.125. The Morgan fingerprint density at radius 2 is 1.26 bits per heavy atom. The summed E-state index contributed by atoms with van der Waals surface area (Å²) in [6.07, 6.45) is 13.5. The normalized spacial score (nSPS) is 27.0. The van der Waals surface area contributed by atoms with E-state index in [1.165, 1.54) is 38.5 Å². The van der Waals surface area contributed by atoms with E-state index in [4.69, 9.17) is 0 Å². The fourth-order valence-corrected chi connectivity index (χ4v) is 4.33. The van der Waals surface area contributed by atoms with Crippen molar-refractivity contribution in [2.45, 2.75) is 95.2 Å². The summed E-state index contributed by atoms with van der Waals surface area (Å²) in [6.45, 7) is 0.710. The number of rotatable bonds is 3. The lowest BCUT2D eigenvalue weighted by Crippen LogP contribution is -2.53. The molecule has 5 heteroatoms. The van der Waals surface area contributed by atoms with Gasteiger partial charge in [0.15, 0.2) is 0 Å². The molecule has 0 aromatic carbocycles. The van der Waals surface area contributed by atoms with E-state index in [0.717, 1.165) is 38.5 Å². The highest BCUT2D eigenvalue weighted by atomic mass is 16.2. The zero-order valence-electron chi connectivity index (χ0n) is 14.2. The van der Waals surface area contributed by atoms with Crippen LogP contribution in [-0.4, -0.2) is 41.5 Å². The summed E-state index contributed by atoms with van der Waals surface area (Å²) in [5, 5.41) is 6.34. The molecule has 2 N–H and O–H groups in total. The van der Waals surface area contributed by atoms with Crippen LogP contribution >= 0.6 is 0 Å². The molecule has 1 saturated heterocycles. The van der Waals surface area contributed by atoms with E-state index < -0.39 is 0 Å². The second-order valence-electron chi connectivity index (χ2n) is 7.48. The standard InChI is InChI=1S/C18H31N3O2/c22-17(19-14-8-3-1-4-9-14)16-12-7-13-21(16)18(23)20-15-10-5-2-6-11-15/h14-16H,1-13H2,(H,19,22)(H,20,23). The predicted molar refractivity (Wildman–Crippen MR) is 90.1 cm³/mol. The maximum Gasteiger partial charge on any atom is 0.318 e. The van der Waals surface area contributed by atoms with E-state index in [1.807, 2.05) is 0 Å². The number of carbonyl (C=O) groups excluding carboxylic acids is 2. The zero-order valence-corrected chi connectivity index (χ0v) is 14.2. The molecule has 0 radical (unpaired) electrons. The highest BCUT2D eigenvalue weighted by molar-refractivity contribution is 5.87. The van der Waals surface area contributed by atoms with Crippen LogP contribution in [0.1, 0.15) is 77.0 Å². The van der Waals surface area contributed by atoms with Gasteiger partial charge < -0.3 is 15.5 Å². The molecule has 1 unspecified atom stereocenters. The van der Waals surface area contributed by atoms with Gasteiger partial charge in [-0.2, -0.15) is 0 Å². The number of urea groups is 1. The number of hydrogen-bond donors (Lipinski definition) is 2. The van der Waals surface area contributed by atoms with Crippen LogP contribution < -0.4 is 10.6 Å². The molecule has 23 heavy (non-hydrogen) atoms. The molecule has 3 amide bonds. The molecule has 3 rings (SSSR count). The minimum Gasteiger partial charge on any atom is -0.352 e. The topological polar surface area (TPSA) is 61.4 Å². The number of amides is 3. The maximum absolute atomic E-state index is 12.6. The summed E-state index contributed by atoms with van der Waals surface area (Å²) >= 11 is 0. The number of carbonyl (C=O) groups is 2. The largest absolute Gasteiger partial charge is 0.352 e. The van der Waals surface area contributed by atoms with Gasteiger partial charge in [-0.25, -0.2) is 4.79 Å². The van der Waals surface area contributed by atoms with E-state index in [2.05, 4.69) is 10.6 Å². The lowest BCUT2D eigenvalue weighted by atomic mass is 9.95. The Bertz CT molecular complexity index is 376. The van der Waals surface area contributed by atoms with Gasteiger partial charge in [0.05, 0.1) is 0 Å². The van der Waals surface area contributed by atoms with Gasteiger partial charge in [0.25, 0.3) is 0 Å². The minimum atomic E-state index is -0.263. The average molecular weight is 321 g/mol. The Morgan fingerprint density at radius 1 is 0.696 bits per heavy atom. The molecular weight excluding hydrogens is 290 g/mol. The van der Waals surface area contributed by atoms with Crippen LogP contribution in [-0.2, 0) is 4.79 Å². The molecule has 3 aliphatic rings. The highest BCUT2D eigenvalue weighted by Gasteiger charge is 2.35. The monoisotopic (exact) mass is 321 g/mol. The van der Waals surface area contributed by atoms with Gasteiger partial charge in [-0.05, 0) is 38.5 Å². The van der Waals surface area contributed by atoms with E-state index in [-0.39, 0.29) is 18.0 Å². The fourth-order valence-electron chi connectivity index (χ4n) is 4.33. The molecule has 0 aromatic rings. The Morgan fingerprint density at radius 3 is 1.87 bits per heavy atom. The Labute approximate surface area is 139 Å². The molecule has 0 spiro atoms. The molecule has 3 fully saturated rings. The van der Waals surface area contributed by atoms with Crippen molar-refractivity contribution < 1.29 is 9.59 Å². The van der Waals surface area contributed by atoms with Crippen LogP contribution in [0, 0.1) is 0 Å². The number of nitrogens with zero attached hydrogens (tertiary/aromatic N) is 1. The third kappa shape index (κ3) is 4.39. The summed E-state index contributed by atoms with van der Waals surface area (Å²) in [7, 11) is 0. The van der Waals surface area contributed by atoms with Crippen molar-refractivity contribution in [3.63, 3.8) is 0 Å². The van der Waals surface area contributed by atoms with Gasteiger partial charge >= 0.3 is 6.03 Å². The van der Waals surface area contributed by atoms with Crippen molar-refractivity contribution in [2.75, 3.05) is 6.54 Å². The van der Waals surface area contributed by atoms with Crippen molar-refractivity contribution in [1.29, 1.82) is 0 Å². The Kier molecular flexibility index (Phi) is 5.79. The third-order valence-corrected chi connectivity index (χ3v) is 5.70. The Balaban J connectivity index is 1.51. The first kappa shape index (κ1) is 16.6. The van der Waals surface area contributed by atoms with Crippen LogP contribution in [0.2, 0.25) is 0 Å². The first-order valence-electron chi connectivity index (χ1n) is 9.61. The van der Waals surface area contributed by atoms with Crippen molar-refractivity contribution >= 4 is 11.9 Å². The molecule has 1 aliphatic heterocycles. The predicted octanol–water partition coefficient (Wildman–Crippen LogP) is 2.94. The molecule has 130 valence electrons. The molecule has 1 heterocycles. The summed E-state index contributed by atoms with van der Waals surface area (Å²) in [6, 6.07) is 0.331. The minimum absolute atomic E-state index is 0.0294. The molecular formula is C18H31N3O2. The first-order chi connectivity index (χ1) is 11.2. The second-order valence-corrected chi connectivity index (χ2v) is 7.48. The Hall–Kier alpha value is -1.26. The van der Waals surface area contributed by atoms with Gasteiger partial charge in [0, 0.05) is 18.6 Å². The molecule has 5 nitrogen and oxygen atoms in total. The molecule has 2 saturated carbocycles. The van der Waals surface area contributed by atoms with E-state index in [9.17, 15) is 9.59 Å². The lowest BCUT2D eigenvalue weighted by Gasteiger charge is -2.30. The van der Waals surface area contributed by atoms with Gasteiger partial charge in [-0.1, -0.05) is 38.5 Å². The molecule has 0 bridgehead atoms. The average Bonchev–Trinajstić information content (AvgIpc) is 3.06. The van der Waals surface area contributed by atoms with E-state index >= 15 is 0 Å². The van der Waals surface area contributed by atoms with Crippen LogP contribution in [0.3, 0.4) is 0 Å². The summed E-state index contributed by atoms with van der Waals surface area (Å²) in [5.41, 5.74) is 0. The van der Waals surface area contributed by atoms with Crippen molar-refractivity contribution in [1.82, 2.24) is 15.5 Å². The van der Waals surface area contributed by atoms with E-state index in [1.54, 1.807) is 4.90 Å². The number of hydrogen-bond acceptors (Lipinski definition) is 2. The van der Waals surface area contributed by atoms with Crippen LogP contribution in [0.25, 0.3) is 0 Å². The van der Waals surface area contributed by atoms with Gasteiger partial charge in [0.2, 0.25) is 5.91 Å². The molecule has 0 aromatic heterocycles.